The number of nitrogens with zero attached hydrogens (tertiary/aromatic N) is 4. The Balaban J connectivity index is -0.0000000564. The Morgan fingerprint density at radius 2 is 0.648 bits per heavy atom. The van der Waals surface area contributed by atoms with Crippen LogP contribution in [0.5, 0.6) is 0 Å². The molecular formula is C96H191BN6NaO13S5. The van der Waals surface area contributed by atoms with Crippen molar-refractivity contribution in [3.63, 3.8) is 0 Å². The molecule has 5 fully saturated rings. The standard InChI is InChI=1S/3C11H15NO2S.C11H15NS.C7H6O.C6H12.C5H10.C4H9NS.C4H6O4.C3H8.C2H3BO2.C2H7N.3C2H6.13CH4.Na/c3*13-15(14)8-6-12(7-9-15)10-11-4-2-1-3-5-11;1-2-4-11(5-3-1)10-12-6-8-13-9-7-12;8-6-7-4-2-1-3-5-7;1-3-5-6-4-2;1-3-5-4-2;1-3-6-4-2-5-1;1-3(5)7-8-4(2)6;1-3-2;1-2(4)5-3;1-2-3;3*1-2;;;;;;;;;;;;;;/h3*1-5H,6-10H2;1-5H,6-10H2;1-6H;3,5H,4,6H2,1-2H3;3H,1,4-5H2,2H3;5H,1-4H2;1-2H3;3H2,1-2H3;1H3;2-3H2,1H3;3*1-2H3;13*1H4;/q;;;;;;;;;;-1;;;;;;;;;;;;;;;;;;+1/b;;;;;5-3+;;;;;;;;;;;;;;;;;;;;;;;. The minimum atomic E-state index is -2.75. The van der Waals surface area contributed by atoms with Gasteiger partial charge in [0.1, 0.15) is 6.29 Å². The Morgan fingerprint density at radius 1 is 0.426 bits per heavy atom. The zero-order valence-corrected chi connectivity index (χ0v) is 75.5. The van der Waals surface area contributed by atoms with Crippen molar-refractivity contribution < 1.29 is 88.4 Å². The molecule has 5 aromatic carbocycles. The van der Waals surface area contributed by atoms with E-state index in [1.807, 2.05) is 139 Å². The molecule has 0 aliphatic carbocycles. The first-order valence-electron chi connectivity index (χ1n) is 38.1. The van der Waals surface area contributed by atoms with E-state index in [1.54, 1.807) is 12.1 Å². The van der Waals surface area contributed by atoms with Gasteiger partial charge in [0.25, 0.3) is 0 Å². The van der Waals surface area contributed by atoms with Crippen molar-refractivity contribution in [2.45, 2.75) is 259 Å². The van der Waals surface area contributed by atoms with Gasteiger partial charge in [-0.1, -0.05) is 362 Å². The number of carbonyl (C=O) groups is 4. The fourth-order valence-electron chi connectivity index (χ4n) is 8.55. The maximum Gasteiger partial charge on any atom is 1.00 e. The van der Waals surface area contributed by atoms with Gasteiger partial charge in [0, 0.05) is 141 Å². The van der Waals surface area contributed by atoms with Crippen molar-refractivity contribution in [1.82, 2.24) is 24.9 Å². The molecule has 19 nitrogen and oxygen atoms in total. The maximum atomic E-state index is 11.2. The van der Waals surface area contributed by atoms with Crippen molar-refractivity contribution in [2.75, 3.05) is 130 Å². The summed E-state index contributed by atoms with van der Waals surface area (Å²) in [6.45, 7) is 45.0. The molecular weight excluding hydrogens is 1640 g/mol. The molecule has 5 heterocycles. The van der Waals surface area contributed by atoms with E-state index in [1.165, 1.54) is 104 Å². The van der Waals surface area contributed by atoms with Crippen LogP contribution in [-0.4, -0.2) is 207 Å². The number of rotatable bonds is 13. The molecule has 717 valence electrons. The van der Waals surface area contributed by atoms with Crippen LogP contribution >= 0.6 is 23.5 Å². The van der Waals surface area contributed by atoms with Crippen molar-refractivity contribution in [3.8, 4) is 0 Å². The number of hydrogen-bond acceptors (Lipinski definition) is 21. The summed E-state index contributed by atoms with van der Waals surface area (Å²) in [5.74, 6) is 5.30. The van der Waals surface area contributed by atoms with E-state index >= 15 is 0 Å². The van der Waals surface area contributed by atoms with E-state index in [-0.39, 0.29) is 126 Å². The number of nitrogens with two attached hydrogens (primary N) is 1. The Labute approximate surface area is 790 Å². The fourth-order valence-corrected chi connectivity index (χ4v) is 14.1. The smallest absolute Gasteiger partial charge is 0.793 e. The molecule has 0 atom stereocenters. The van der Waals surface area contributed by atoms with E-state index in [2.05, 4.69) is 179 Å². The Kier molecular flexibility index (Phi) is 159. The van der Waals surface area contributed by atoms with Gasteiger partial charge < -0.3 is 23.8 Å². The average molecular weight is 1830 g/mol. The van der Waals surface area contributed by atoms with Crippen LogP contribution in [0.15, 0.2) is 176 Å². The summed E-state index contributed by atoms with van der Waals surface area (Å²) in [5, 5.41) is 3.26. The van der Waals surface area contributed by atoms with Crippen LogP contribution in [0, 0.1) is 0 Å². The van der Waals surface area contributed by atoms with Gasteiger partial charge in [-0.05, 0) is 48.6 Å². The normalized spacial score (nSPS) is 13.6. The van der Waals surface area contributed by atoms with Gasteiger partial charge in [-0.3, -0.25) is 29.2 Å². The number of hydrogen-bond donors (Lipinski definition) is 2. The molecule has 3 radical (unpaired) electrons. The summed E-state index contributed by atoms with van der Waals surface area (Å²) in [5.41, 5.74) is 10.8. The molecule has 0 amide bonds. The predicted molar refractivity (Wildman–Crippen MR) is 550 cm³/mol. The quantitative estimate of drug-likeness (QED) is 0.0365. The third kappa shape index (κ3) is 113. The average Bonchev–Trinajstić information content (AvgIpc) is 0.871. The Bertz CT molecular complexity index is 2960. The largest absolute Gasteiger partial charge is 1.00 e. The van der Waals surface area contributed by atoms with Crippen LogP contribution in [0.4, 0.5) is 0 Å². The molecule has 0 unspecified atom stereocenters. The third-order valence-corrected chi connectivity index (χ3v) is 20.6. The number of sulfone groups is 3. The molecule has 5 aliphatic heterocycles. The molecule has 122 heavy (non-hydrogen) atoms. The first kappa shape index (κ1) is 164. The molecule has 10 rings (SSSR count). The van der Waals surface area contributed by atoms with Gasteiger partial charge in [-0.25, -0.2) is 44.6 Å². The summed E-state index contributed by atoms with van der Waals surface area (Å²) in [7, 11) is -3.93. The number of benzene rings is 5. The SMILES string of the molecule is C.C.C.C.C.C.C.C.C.C.C.C.C.C/C=C/CCC.C1CSCCN1.C=CCCC.CC.CC.CC.CC(=O)OOC(C)=O.CCC.CCN.O=Cc1ccccc1.O=S1(=O)CCN(Cc2ccccc2)CC1.O=S1(=O)CCN(Cc2ccccc2)CC1.O=S1(=O)CCN(Cc2ccccc2)CC1.[B-]OC(C)=O.[Na+].c1ccc(CN2CCSCC2)cc1. The summed E-state index contributed by atoms with van der Waals surface area (Å²) >= 11 is 4.10. The van der Waals surface area contributed by atoms with Crippen molar-refractivity contribution in [2.24, 2.45) is 5.73 Å². The van der Waals surface area contributed by atoms with Gasteiger partial charge in [-0.15, -0.1) is 6.58 Å². The second-order valence-electron chi connectivity index (χ2n) is 23.3. The number of aldehydes is 1. The molecule has 5 aromatic rings. The van der Waals surface area contributed by atoms with Crippen LogP contribution < -0.4 is 40.6 Å². The van der Waals surface area contributed by atoms with Gasteiger partial charge in [0.15, 0.2) is 29.5 Å². The van der Waals surface area contributed by atoms with Crippen LogP contribution in [0.1, 0.15) is 265 Å². The molecule has 26 heteroatoms. The third-order valence-electron chi connectivity index (χ3n) is 13.8. The number of nitrogens with one attached hydrogen (secondary N) is 1. The molecule has 5 saturated heterocycles. The van der Waals surface area contributed by atoms with E-state index in [9.17, 15) is 44.4 Å². The van der Waals surface area contributed by atoms with Crippen LogP contribution in [-0.2, 0) is 84.5 Å². The van der Waals surface area contributed by atoms with E-state index in [0.717, 1.165) is 64.8 Å². The first-order valence-corrected chi connectivity index (χ1v) is 45.9. The monoisotopic (exact) mass is 1830 g/mol. The minimum absolute atomic E-state index is 0. The number of thioether (sulfide) groups is 2. The second-order valence-corrected chi connectivity index (χ2v) is 32.7. The van der Waals surface area contributed by atoms with E-state index < -0.39 is 47.4 Å². The maximum absolute atomic E-state index is 11.2. The van der Waals surface area contributed by atoms with E-state index in [4.69, 9.17) is 5.73 Å². The molecule has 5 aliphatic rings. The van der Waals surface area contributed by atoms with Gasteiger partial charge in [0.2, 0.25) is 5.97 Å². The van der Waals surface area contributed by atoms with Crippen LogP contribution in [0.3, 0.4) is 0 Å². The first-order chi connectivity index (χ1) is 51.9. The van der Waals surface area contributed by atoms with Gasteiger partial charge in [0.05, 0.1) is 34.5 Å². The number of unbranched alkanes of at least 4 members (excludes halogenated alkanes) is 2. The summed E-state index contributed by atoms with van der Waals surface area (Å²) in [6.07, 6.45) is 13.2. The Hall–Kier alpha value is -4.97. The number of carbonyl (C=O) groups excluding carboxylic acids is 4. The number of allylic oxidation sites excluding steroid dienone is 3. The fraction of sp³-hybridized carbons (Fsp3) is 0.604. The topological polar surface area (TPSA) is 249 Å². The van der Waals surface area contributed by atoms with Crippen LogP contribution in [0.25, 0.3) is 0 Å². The predicted octanol–water partition coefficient (Wildman–Crippen LogP) is 20.5. The molecule has 0 bridgehead atoms. The summed E-state index contributed by atoms with van der Waals surface area (Å²) in [6, 6.07) is 50.3. The zero-order chi connectivity index (χ0) is 82.4. The Morgan fingerprint density at radius 3 is 0.795 bits per heavy atom. The van der Waals surface area contributed by atoms with Gasteiger partial charge >= 0.3 is 41.5 Å². The summed E-state index contributed by atoms with van der Waals surface area (Å²) < 4.78 is 70.9. The summed E-state index contributed by atoms with van der Waals surface area (Å²) in [4.78, 5) is 55.9. The molecule has 0 aromatic heterocycles. The van der Waals surface area contributed by atoms with Gasteiger partial charge in [-0.2, -0.15) is 23.5 Å². The van der Waals surface area contributed by atoms with E-state index in [0.29, 0.717) is 73.8 Å². The van der Waals surface area contributed by atoms with Crippen molar-refractivity contribution in [1.29, 1.82) is 0 Å². The van der Waals surface area contributed by atoms with Crippen molar-refractivity contribution in [3.05, 3.63) is 204 Å². The molecule has 3 N–H and O–H groups in total. The van der Waals surface area contributed by atoms with Crippen LogP contribution in [0.2, 0.25) is 0 Å². The molecule has 0 spiro atoms. The molecule has 0 saturated carbocycles. The zero-order valence-electron chi connectivity index (χ0n) is 69.5. The minimum Gasteiger partial charge on any atom is -0.793 e. The second kappa shape index (κ2) is 118. The van der Waals surface area contributed by atoms with Crippen molar-refractivity contribution >= 4 is 85.3 Å².